The molecule has 1 N–H and O–H groups in total. The molecule has 1 aliphatic rings. The van der Waals surface area contributed by atoms with Gasteiger partial charge in [-0.15, -0.1) is 0 Å². The Hall–Kier alpha value is -3.43. The van der Waals surface area contributed by atoms with E-state index in [0.717, 1.165) is 18.2 Å². The Kier molecular flexibility index (Phi) is 8.48. The van der Waals surface area contributed by atoms with Gasteiger partial charge in [-0.3, -0.25) is 9.59 Å². The van der Waals surface area contributed by atoms with Crippen LogP contribution >= 0.6 is 0 Å². The van der Waals surface area contributed by atoms with Gasteiger partial charge in [0.2, 0.25) is 11.8 Å². The molecule has 0 unspecified atom stereocenters. The van der Waals surface area contributed by atoms with E-state index in [4.69, 9.17) is 4.74 Å². The molecule has 188 valence electrons. The standard InChI is InChI=1S/C25H26F4N2O4/c1-14(2)24(25(34)35-13-15-6-8-18(26)20(28)10-15)30-21(32)11-17-7-9-22(33)31(17)12-16-4-3-5-19(27)23(16)29/h3-6,8,10,14,17,24H,7,9,11-13H2,1-2H3,(H,30,32)/t17-,24-/m0/s1. The van der Waals surface area contributed by atoms with Crippen LogP contribution in [0.15, 0.2) is 36.4 Å². The Balaban J connectivity index is 1.60. The van der Waals surface area contributed by atoms with Crippen molar-refractivity contribution in [3.8, 4) is 0 Å². The van der Waals surface area contributed by atoms with Crippen molar-refractivity contribution < 1.29 is 36.7 Å². The van der Waals surface area contributed by atoms with Crippen LogP contribution in [-0.2, 0) is 32.3 Å². The molecule has 6 nitrogen and oxygen atoms in total. The van der Waals surface area contributed by atoms with Gasteiger partial charge in [-0.1, -0.05) is 32.0 Å². The number of hydrogen-bond donors (Lipinski definition) is 1. The van der Waals surface area contributed by atoms with Crippen LogP contribution in [0.5, 0.6) is 0 Å². The Morgan fingerprint density at radius 1 is 1.09 bits per heavy atom. The predicted octanol–water partition coefficient (Wildman–Crippen LogP) is 4.01. The molecule has 0 aromatic heterocycles. The van der Waals surface area contributed by atoms with Crippen LogP contribution < -0.4 is 5.32 Å². The lowest BCUT2D eigenvalue weighted by Crippen LogP contribution is -2.47. The van der Waals surface area contributed by atoms with E-state index >= 15 is 0 Å². The van der Waals surface area contributed by atoms with Crippen LogP contribution in [0.2, 0.25) is 0 Å². The van der Waals surface area contributed by atoms with Crippen LogP contribution in [0.1, 0.15) is 44.2 Å². The summed E-state index contributed by atoms with van der Waals surface area (Å²) < 4.78 is 59.2. The zero-order valence-electron chi connectivity index (χ0n) is 19.3. The molecule has 0 spiro atoms. The number of nitrogens with zero attached hydrogens (tertiary/aromatic N) is 1. The first-order chi connectivity index (χ1) is 16.6. The van der Waals surface area contributed by atoms with Crippen molar-refractivity contribution >= 4 is 17.8 Å². The Labute approximate surface area is 200 Å². The Bertz CT molecular complexity index is 1110. The molecule has 1 heterocycles. The number of halogens is 4. The van der Waals surface area contributed by atoms with Gasteiger partial charge in [-0.05, 0) is 36.1 Å². The number of likely N-dealkylation sites (tertiary alicyclic amines) is 1. The molecule has 0 radical (unpaired) electrons. The highest BCUT2D eigenvalue weighted by Gasteiger charge is 2.34. The average molecular weight is 494 g/mol. The lowest BCUT2D eigenvalue weighted by molar-refractivity contribution is -0.150. The number of carbonyl (C=O) groups is 3. The summed E-state index contributed by atoms with van der Waals surface area (Å²) in [6.07, 6.45) is 0.386. The van der Waals surface area contributed by atoms with Crippen LogP contribution in [0.3, 0.4) is 0 Å². The molecule has 35 heavy (non-hydrogen) atoms. The molecule has 0 aliphatic carbocycles. The topological polar surface area (TPSA) is 75.7 Å². The molecule has 0 saturated carbocycles. The molecule has 2 amide bonds. The third-order valence-electron chi connectivity index (χ3n) is 5.85. The van der Waals surface area contributed by atoms with Gasteiger partial charge in [0.25, 0.3) is 0 Å². The molecule has 2 atom stereocenters. The molecule has 1 aliphatic heterocycles. The molecule has 10 heteroatoms. The number of benzene rings is 2. The molecule has 2 aromatic carbocycles. The highest BCUT2D eigenvalue weighted by atomic mass is 19.2. The van der Waals surface area contributed by atoms with Crippen LogP contribution in [0.25, 0.3) is 0 Å². The maximum Gasteiger partial charge on any atom is 0.329 e. The minimum Gasteiger partial charge on any atom is -0.459 e. The largest absolute Gasteiger partial charge is 0.459 e. The summed E-state index contributed by atoms with van der Waals surface area (Å²) in [6.45, 7) is 2.91. The van der Waals surface area contributed by atoms with E-state index in [1.54, 1.807) is 13.8 Å². The third-order valence-corrected chi connectivity index (χ3v) is 5.85. The monoisotopic (exact) mass is 494 g/mol. The number of nitrogens with one attached hydrogen (secondary N) is 1. The molecular formula is C25H26F4N2O4. The summed E-state index contributed by atoms with van der Waals surface area (Å²) >= 11 is 0. The molecule has 2 aromatic rings. The molecule has 0 bridgehead atoms. The van der Waals surface area contributed by atoms with Gasteiger partial charge in [0.1, 0.15) is 12.6 Å². The van der Waals surface area contributed by atoms with E-state index in [1.165, 1.54) is 23.1 Å². The van der Waals surface area contributed by atoms with E-state index in [-0.39, 0.29) is 48.9 Å². The summed E-state index contributed by atoms with van der Waals surface area (Å²) in [5.74, 6) is -6.05. The van der Waals surface area contributed by atoms with Crippen molar-refractivity contribution in [1.82, 2.24) is 10.2 Å². The second-order valence-electron chi connectivity index (χ2n) is 8.78. The molecule has 1 saturated heterocycles. The number of carbonyl (C=O) groups excluding carboxylic acids is 3. The molecular weight excluding hydrogens is 468 g/mol. The van der Waals surface area contributed by atoms with Gasteiger partial charge in [-0.25, -0.2) is 22.4 Å². The van der Waals surface area contributed by atoms with E-state index in [1.807, 2.05) is 0 Å². The quantitative estimate of drug-likeness (QED) is 0.422. The van der Waals surface area contributed by atoms with Gasteiger partial charge in [-0.2, -0.15) is 0 Å². The summed E-state index contributed by atoms with van der Waals surface area (Å²) in [7, 11) is 0. The van der Waals surface area contributed by atoms with Crippen molar-refractivity contribution in [3.05, 3.63) is 70.8 Å². The van der Waals surface area contributed by atoms with E-state index < -0.39 is 47.2 Å². The van der Waals surface area contributed by atoms with Crippen LogP contribution in [0.4, 0.5) is 17.6 Å². The smallest absolute Gasteiger partial charge is 0.329 e. The van der Waals surface area contributed by atoms with Gasteiger partial charge in [0.05, 0.1) is 0 Å². The fourth-order valence-corrected chi connectivity index (χ4v) is 3.89. The maximum absolute atomic E-state index is 14.1. The number of ether oxygens (including phenoxy) is 1. The number of rotatable bonds is 9. The van der Waals surface area contributed by atoms with E-state index in [9.17, 15) is 31.9 Å². The number of esters is 1. The van der Waals surface area contributed by atoms with E-state index in [0.29, 0.717) is 6.42 Å². The first-order valence-electron chi connectivity index (χ1n) is 11.2. The lowest BCUT2D eigenvalue weighted by atomic mass is 10.0. The zero-order valence-corrected chi connectivity index (χ0v) is 19.3. The van der Waals surface area contributed by atoms with Crippen molar-refractivity contribution in [1.29, 1.82) is 0 Å². The molecule has 3 rings (SSSR count). The minimum absolute atomic E-state index is 0.00604. The number of amides is 2. The third kappa shape index (κ3) is 6.58. The minimum atomic E-state index is -1.07. The normalized spacial score (nSPS) is 16.5. The van der Waals surface area contributed by atoms with Crippen molar-refractivity contribution in [2.45, 2.75) is 58.3 Å². The highest BCUT2D eigenvalue weighted by molar-refractivity contribution is 5.86. The van der Waals surface area contributed by atoms with E-state index in [2.05, 4.69) is 5.32 Å². The first kappa shape index (κ1) is 26.2. The summed E-state index contributed by atoms with van der Waals surface area (Å²) in [4.78, 5) is 38.9. The van der Waals surface area contributed by atoms with Crippen molar-refractivity contribution in [3.63, 3.8) is 0 Å². The molecule has 1 fully saturated rings. The van der Waals surface area contributed by atoms with Gasteiger partial charge in [0, 0.05) is 31.0 Å². The SMILES string of the molecule is CC(C)[C@H](NC(=O)C[C@@H]1CCC(=O)N1Cc1cccc(F)c1F)C(=O)OCc1ccc(F)c(F)c1. The predicted molar refractivity (Wildman–Crippen MR) is 117 cm³/mol. The van der Waals surface area contributed by atoms with Gasteiger partial charge < -0.3 is 15.0 Å². The summed E-state index contributed by atoms with van der Waals surface area (Å²) in [6, 6.07) is 5.25. The lowest BCUT2D eigenvalue weighted by Gasteiger charge is -2.26. The van der Waals surface area contributed by atoms with Crippen LogP contribution in [-0.4, -0.2) is 34.8 Å². The maximum atomic E-state index is 14.1. The average Bonchev–Trinajstić information content (AvgIpc) is 3.14. The fraction of sp³-hybridized carbons (Fsp3) is 0.400. The second kappa shape index (κ2) is 11.3. The Morgan fingerprint density at radius 2 is 1.83 bits per heavy atom. The Morgan fingerprint density at radius 3 is 2.51 bits per heavy atom. The fourth-order valence-electron chi connectivity index (χ4n) is 3.89. The van der Waals surface area contributed by atoms with Crippen LogP contribution in [0, 0.1) is 29.2 Å². The first-order valence-corrected chi connectivity index (χ1v) is 11.2. The van der Waals surface area contributed by atoms with Crippen molar-refractivity contribution in [2.24, 2.45) is 5.92 Å². The number of hydrogen-bond acceptors (Lipinski definition) is 4. The van der Waals surface area contributed by atoms with Gasteiger partial charge >= 0.3 is 5.97 Å². The van der Waals surface area contributed by atoms with Gasteiger partial charge in [0.15, 0.2) is 23.3 Å². The zero-order chi connectivity index (χ0) is 25.7. The summed E-state index contributed by atoms with van der Waals surface area (Å²) in [5.41, 5.74) is 0.252. The van der Waals surface area contributed by atoms with Crippen molar-refractivity contribution in [2.75, 3.05) is 0 Å². The second-order valence-corrected chi connectivity index (χ2v) is 8.78. The summed E-state index contributed by atoms with van der Waals surface area (Å²) in [5, 5.41) is 2.60. The highest BCUT2D eigenvalue weighted by Crippen LogP contribution is 2.25.